The van der Waals surface area contributed by atoms with E-state index in [-0.39, 0.29) is 11.9 Å². The van der Waals surface area contributed by atoms with Gasteiger partial charge in [0.1, 0.15) is 6.61 Å². The lowest BCUT2D eigenvalue weighted by Crippen LogP contribution is -2.25. The van der Waals surface area contributed by atoms with Gasteiger partial charge in [0.15, 0.2) is 11.6 Å². The van der Waals surface area contributed by atoms with E-state index in [0.29, 0.717) is 18.8 Å². The largest absolute Gasteiger partial charge is 0.489 e. The van der Waals surface area contributed by atoms with E-state index in [1.807, 2.05) is 13.0 Å². The second-order valence-electron chi connectivity index (χ2n) is 5.34. The number of nitrogens with two attached hydrogens (primary N) is 1. The Morgan fingerprint density at radius 2 is 2.11 bits per heavy atom. The highest BCUT2D eigenvalue weighted by Crippen LogP contribution is 2.19. The minimum atomic E-state index is -0.292. The van der Waals surface area contributed by atoms with Gasteiger partial charge in [-0.3, -0.25) is 4.90 Å². The monoisotopic (exact) mass is 266 g/mol. The zero-order valence-corrected chi connectivity index (χ0v) is 11.6. The summed E-state index contributed by atoms with van der Waals surface area (Å²) in [6.07, 6.45) is 3.21. The zero-order chi connectivity index (χ0) is 13.7. The fourth-order valence-corrected chi connectivity index (χ4v) is 2.45. The molecule has 0 amide bonds. The molecule has 1 aliphatic heterocycles. The standard InChI is InChI=1S/C15H23FN2O/c1-12(17)10-13-4-5-15(14(16)11-13)19-9-8-18-6-2-3-7-18/h4-5,11-12H,2-3,6-10,17H2,1H3. The number of nitrogens with zero attached hydrogens (tertiary/aromatic N) is 1. The molecule has 19 heavy (non-hydrogen) atoms. The lowest BCUT2D eigenvalue weighted by atomic mass is 10.1. The molecule has 2 N–H and O–H groups in total. The number of halogens is 1. The molecular weight excluding hydrogens is 243 g/mol. The normalized spacial score (nSPS) is 17.6. The number of likely N-dealkylation sites (tertiary alicyclic amines) is 1. The Balaban J connectivity index is 1.82. The van der Waals surface area contributed by atoms with Crippen LogP contribution >= 0.6 is 0 Å². The highest BCUT2D eigenvalue weighted by Gasteiger charge is 2.12. The van der Waals surface area contributed by atoms with Gasteiger partial charge in [-0.15, -0.1) is 0 Å². The van der Waals surface area contributed by atoms with Crippen molar-refractivity contribution in [2.45, 2.75) is 32.2 Å². The Hall–Kier alpha value is -1.13. The predicted octanol–water partition coefficient (Wildman–Crippen LogP) is 2.19. The van der Waals surface area contributed by atoms with E-state index >= 15 is 0 Å². The Kier molecular flexibility index (Phi) is 5.16. The highest BCUT2D eigenvalue weighted by molar-refractivity contribution is 5.29. The van der Waals surface area contributed by atoms with Crippen LogP contribution in [0.2, 0.25) is 0 Å². The first-order valence-electron chi connectivity index (χ1n) is 7.04. The third kappa shape index (κ3) is 4.48. The van der Waals surface area contributed by atoms with Gasteiger partial charge in [0.25, 0.3) is 0 Å². The maximum Gasteiger partial charge on any atom is 0.165 e. The van der Waals surface area contributed by atoms with E-state index < -0.39 is 0 Å². The zero-order valence-electron chi connectivity index (χ0n) is 11.6. The minimum absolute atomic E-state index is 0.0429. The van der Waals surface area contributed by atoms with Gasteiger partial charge in [-0.25, -0.2) is 4.39 Å². The summed E-state index contributed by atoms with van der Waals surface area (Å²) in [6, 6.07) is 5.16. The molecule has 1 heterocycles. The molecule has 0 saturated carbocycles. The summed E-state index contributed by atoms with van der Waals surface area (Å²) in [4.78, 5) is 2.35. The third-order valence-corrected chi connectivity index (χ3v) is 3.42. The van der Waals surface area contributed by atoms with Gasteiger partial charge < -0.3 is 10.5 Å². The molecule has 1 saturated heterocycles. The molecular formula is C15H23FN2O. The number of hydrogen-bond donors (Lipinski definition) is 1. The second kappa shape index (κ2) is 6.87. The molecule has 0 spiro atoms. The van der Waals surface area contributed by atoms with Crippen molar-refractivity contribution in [3.8, 4) is 5.75 Å². The van der Waals surface area contributed by atoms with Crippen LogP contribution in [0.3, 0.4) is 0 Å². The summed E-state index contributed by atoms with van der Waals surface area (Å²) in [6.45, 7) is 5.61. The van der Waals surface area contributed by atoms with E-state index in [4.69, 9.17) is 10.5 Å². The molecule has 1 aromatic rings. The topological polar surface area (TPSA) is 38.5 Å². The SMILES string of the molecule is CC(N)Cc1ccc(OCCN2CCCC2)c(F)c1. The van der Waals surface area contributed by atoms with Gasteiger partial charge in [-0.05, 0) is 57.0 Å². The summed E-state index contributed by atoms with van der Waals surface area (Å²) in [5.74, 6) is 0.0483. The number of benzene rings is 1. The maximum atomic E-state index is 13.8. The van der Waals surface area contributed by atoms with Crippen molar-refractivity contribution in [2.75, 3.05) is 26.2 Å². The van der Waals surface area contributed by atoms with Crippen LogP contribution < -0.4 is 10.5 Å². The maximum absolute atomic E-state index is 13.8. The van der Waals surface area contributed by atoms with Gasteiger partial charge >= 0.3 is 0 Å². The molecule has 1 aromatic carbocycles. The van der Waals surface area contributed by atoms with Crippen LogP contribution in [-0.4, -0.2) is 37.2 Å². The van der Waals surface area contributed by atoms with Crippen molar-refractivity contribution in [1.29, 1.82) is 0 Å². The Bertz CT molecular complexity index is 403. The predicted molar refractivity (Wildman–Crippen MR) is 74.9 cm³/mol. The van der Waals surface area contributed by atoms with Gasteiger partial charge in [0, 0.05) is 12.6 Å². The number of hydrogen-bond acceptors (Lipinski definition) is 3. The van der Waals surface area contributed by atoms with Crippen molar-refractivity contribution in [3.63, 3.8) is 0 Å². The van der Waals surface area contributed by atoms with Gasteiger partial charge in [0.2, 0.25) is 0 Å². The van der Waals surface area contributed by atoms with E-state index in [1.165, 1.54) is 18.9 Å². The molecule has 1 aliphatic rings. The van der Waals surface area contributed by atoms with Crippen molar-refractivity contribution in [1.82, 2.24) is 4.90 Å². The number of rotatable bonds is 6. The molecule has 0 radical (unpaired) electrons. The molecule has 1 unspecified atom stereocenters. The first kappa shape index (κ1) is 14.3. The molecule has 0 aromatic heterocycles. The van der Waals surface area contributed by atoms with E-state index in [9.17, 15) is 4.39 Å². The molecule has 0 bridgehead atoms. The lowest BCUT2D eigenvalue weighted by Gasteiger charge is -2.15. The summed E-state index contributed by atoms with van der Waals surface area (Å²) in [5, 5.41) is 0. The second-order valence-corrected chi connectivity index (χ2v) is 5.34. The Morgan fingerprint density at radius 1 is 1.37 bits per heavy atom. The molecule has 1 fully saturated rings. The molecule has 3 nitrogen and oxygen atoms in total. The molecule has 0 aliphatic carbocycles. The number of ether oxygens (including phenoxy) is 1. The average molecular weight is 266 g/mol. The van der Waals surface area contributed by atoms with Crippen LogP contribution in [-0.2, 0) is 6.42 Å². The Morgan fingerprint density at radius 3 is 2.74 bits per heavy atom. The van der Waals surface area contributed by atoms with E-state index in [2.05, 4.69) is 4.90 Å². The fraction of sp³-hybridized carbons (Fsp3) is 0.600. The average Bonchev–Trinajstić information content (AvgIpc) is 2.84. The first-order valence-corrected chi connectivity index (χ1v) is 7.04. The van der Waals surface area contributed by atoms with Gasteiger partial charge in [-0.2, -0.15) is 0 Å². The first-order chi connectivity index (χ1) is 9.15. The van der Waals surface area contributed by atoms with Crippen molar-refractivity contribution in [2.24, 2.45) is 5.73 Å². The van der Waals surface area contributed by atoms with Crippen LogP contribution in [0.15, 0.2) is 18.2 Å². The van der Waals surface area contributed by atoms with Gasteiger partial charge in [-0.1, -0.05) is 6.07 Å². The van der Waals surface area contributed by atoms with Gasteiger partial charge in [0.05, 0.1) is 0 Å². The lowest BCUT2D eigenvalue weighted by molar-refractivity contribution is 0.231. The Labute approximate surface area is 114 Å². The summed E-state index contributed by atoms with van der Waals surface area (Å²) < 4.78 is 19.3. The fourth-order valence-electron chi connectivity index (χ4n) is 2.45. The van der Waals surface area contributed by atoms with Crippen molar-refractivity contribution in [3.05, 3.63) is 29.6 Å². The van der Waals surface area contributed by atoms with Crippen LogP contribution in [0, 0.1) is 5.82 Å². The van der Waals surface area contributed by atoms with Crippen molar-refractivity contribution >= 4 is 0 Å². The van der Waals surface area contributed by atoms with E-state index in [1.54, 1.807) is 6.07 Å². The summed E-state index contributed by atoms with van der Waals surface area (Å²) in [7, 11) is 0. The van der Waals surface area contributed by atoms with Crippen LogP contribution in [0.5, 0.6) is 5.75 Å². The quantitative estimate of drug-likeness (QED) is 0.858. The molecule has 1 atom stereocenters. The minimum Gasteiger partial charge on any atom is -0.489 e. The van der Waals surface area contributed by atoms with Crippen molar-refractivity contribution < 1.29 is 9.13 Å². The van der Waals surface area contributed by atoms with Crippen LogP contribution in [0.25, 0.3) is 0 Å². The third-order valence-electron chi connectivity index (χ3n) is 3.42. The van der Waals surface area contributed by atoms with Crippen LogP contribution in [0.4, 0.5) is 4.39 Å². The van der Waals surface area contributed by atoms with E-state index in [0.717, 1.165) is 25.2 Å². The smallest absolute Gasteiger partial charge is 0.165 e. The highest BCUT2D eigenvalue weighted by atomic mass is 19.1. The molecule has 4 heteroatoms. The molecule has 106 valence electrons. The van der Waals surface area contributed by atoms with Crippen LogP contribution in [0.1, 0.15) is 25.3 Å². The summed E-state index contributed by atoms with van der Waals surface area (Å²) >= 11 is 0. The summed E-state index contributed by atoms with van der Waals surface area (Å²) in [5.41, 5.74) is 6.62. The molecule has 2 rings (SSSR count).